The van der Waals surface area contributed by atoms with Gasteiger partial charge in [0.2, 0.25) is 0 Å². The minimum absolute atomic E-state index is 0.120. The Balaban J connectivity index is 1.84. The highest BCUT2D eigenvalue weighted by atomic mass is 127. The summed E-state index contributed by atoms with van der Waals surface area (Å²) >= 11 is 2.23. The standard InChI is InChI=1S/C14H10IN3O/c15-11-1-3-12(4-2-11)17-14(19)10-5-6-18-9-16-8-13(18)7-10/h1-9H,(H,17,19). The van der Waals surface area contributed by atoms with Gasteiger partial charge in [0.25, 0.3) is 5.91 Å². The number of benzene rings is 1. The summed E-state index contributed by atoms with van der Waals surface area (Å²) in [6, 6.07) is 11.3. The number of hydrogen-bond acceptors (Lipinski definition) is 2. The van der Waals surface area contributed by atoms with Gasteiger partial charge in [-0.25, -0.2) is 4.98 Å². The van der Waals surface area contributed by atoms with Crippen molar-refractivity contribution in [1.29, 1.82) is 0 Å². The molecule has 0 atom stereocenters. The van der Waals surface area contributed by atoms with Crippen LogP contribution in [0.15, 0.2) is 55.1 Å². The number of carbonyl (C=O) groups excluding carboxylic acids is 1. The van der Waals surface area contributed by atoms with Crippen LogP contribution in [0, 0.1) is 3.57 Å². The van der Waals surface area contributed by atoms with Gasteiger partial charge in [-0.15, -0.1) is 0 Å². The molecule has 0 aliphatic carbocycles. The Morgan fingerprint density at radius 2 is 2.00 bits per heavy atom. The Kier molecular flexibility index (Phi) is 3.20. The Labute approximate surface area is 123 Å². The van der Waals surface area contributed by atoms with Crippen LogP contribution in [0.25, 0.3) is 5.52 Å². The number of nitrogens with one attached hydrogen (secondary N) is 1. The topological polar surface area (TPSA) is 46.4 Å². The average molecular weight is 363 g/mol. The SMILES string of the molecule is O=C(Nc1ccc(I)cc1)c1ccn2cncc2c1. The molecular formula is C14H10IN3O. The molecule has 1 aromatic carbocycles. The molecule has 19 heavy (non-hydrogen) atoms. The average Bonchev–Trinajstić information content (AvgIpc) is 2.88. The highest BCUT2D eigenvalue weighted by Gasteiger charge is 2.07. The molecule has 2 aromatic heterocycles. The van der Waals surface area contributed by atoms with Crippen LogP contribution in [-0.2, 0) is 0 Å². The van der Waals surface area contributed by atoms with Crippen molar-refractivity contribution in [1.82, 2.24) is 9.38 Å². The fourth-order valence-corrected chi connectivity index (χ4v) is 2.16. The molecule has 94 valence electrons. The second-order valence-electron chi connectivity index (χ2n) is 4.10. The van der Waals surface area contributed by atoms with Crippen molar-refractivity contribution in [2.24, 2.45) is 0 Å². The van der Waals surface area contributed by atoms with Gasteiger partial charge in [0.05, 0.1) is 18.0 Å². The Hall–Kier alpha value is -1.89. The largest absolute Gasteiger partial charge is 0.322 e. The van der Waals surface area contributed by atoms with E-state index in [0.717, 1.165) is 14.8 Å². The molecule has 1 amide bonds. The fourth-order valence-electron chi connectivity index (χ4n) is 1.80. The molecule has 0 aliphatic heterocycles. The van der Waals surface area contributed by atoms with Crippen LogP contribution in [0.1, 0.15) is 10.4 Å². The Morgan fingerprint density at radius 3 is 2.79 bits per heavy atom. The zero-order valence-corrected chi connectivity index (χ0v) is 12.0. The van der Waals surface area contributed by atoms with Crippen LogP contribution in [0.3, 0.4) is 0 Å². The van der Waals surface area contributed by atoms with Crippen LogP contribution in [0.2, 0.25) is 0 Å². The lowest BCUT2D eigenvalue weighted by Gasteiger charge is -2.05. The smallest absolute Gasteiger partial charge is 0.255 e. The first kappa shape index (κ1) is 12.2. The Bertz CT molecular complexity index is 734. The summed E-state index contributed by atoms with van der Waals surface area (Å²) in [6.45, 7) is 0. The van der Waals surface area contributed by atoms with Crippen molar-refractivity contribution in [2.45, 2.75) is 0 Å². The van der Waals surface area contributed by atoms with E-state index in [9.17, 15) is 4.79 Å². The van der Waals surface area contributed by atoms with Crippen molar-refractivity contribution < 1.29 is 4.79 Å². The van der Waals surface area contributed by atoms with E-state index in [0.29, 0.717) is 5.56 Å². The van der Waals surface area contributed by atoms with Crippen molar-refractivity contribution in [2.75, 3.05) is 5.32 Å². The molecule has 3 rings (SSSR count). The molecule has 0 radical (unpaired) electrons. The third-order valence-corrected chi connectivity index (χ3v) is 3.50. The maximum Gasteiger partial charge on any atom is 0.255 e. The van der Waals surface area contributed by atoms with Gasteiger partial charge in [-0.2, -0.15) is 0 Å². The van der Waals surface area contributed by atoms with Gasteiger partial charge in [-0.05, 0) is 59.0 Å². The van der Waals surface area contributed by atoms with E-state index in [1.54, 1.807) is 18.6 Å². The van der Waals surface area contributed by atoms with E-state index < -0.39 is 0 Å². The van der Waals surface area contributed by atoms with Crippen LogP contribution >= 0.6 is 22.6 Å². The molecule has 5 heteroatoms. The predicted octanol–water partition coefficient (Wildman–Crippen LogP) is 3.19. The molecular weight excluding hydrogens is 353 g/mol. The van der Waals surface area contributed by atoms with Crippen LogP contribution in [0.4, 0.5) is 5.69 Å². The van der Waals surface area contributed by atoms with E-state index >= 15 is 0 Å². The summed E-state index contributed by atoms with van der Waals surface area (Å²) in [7, 11) is 0. The van der Waals surface area contributed by atoms with Crippen molar-refractivity contribution in [3.05, 3.63) is 64.3 Å². The first-order chi connectivity index (χ1) is 9.22. The molecule has 0 saturated carbocycles. The zero-order valence-electron chi connectivity index (χ0n) is 9.88. The summed E-state index contributed by atoms with van der Waals surface area (Å²) in [5.41, 5.74) is 2.31. The minimum atomic E-state index is -0.120. The maximum absolute atomic E-state index is 12.1. The quantitative estimate of drug-likeness (QED) is 0.711. The second kappa shape index (κ2) is 5.00. The van der Waals surface area contributed by atoms with E-state index in [1.165, 1.54) is 0 Å². The molecule has 0 aliphatic rings. The van der Waals surface area contributed by atoms with Gasteiger partial charge in [-0.1, -0.05) is 0 Å². The van der Waals surface area contributed by atoms with Crippen LogP contribution in [0.5, 0.6) is 0 Å². The number of anilines is 1. The summed E-state index contributed by atoms with van der Waals surface area (Å²) < 4.78 is 3.00. The molecule has 0 fully saturated rings. The first-order valence-corrected chi connectivity index (χ1v) is 6.79. The number of nitrogens with zero attached hydrogens (tertiary/aromatic N) is 2. The molecule has 4 nitrogen and oxygen atoms in total. The zero-order chi connectivity index (χ0) is 13.2. The molecule has 3 aromatic rings. The van der Waals surface area contributed by atoms with Gasteiger partial charge in [-0.3, -0.25) is 4.79 Å². The lowest BCUT2D eigenvalue weighted by atomic mass is 10.2. The third-order valence-electron chi connectivity index (χ3n) is 2.78. The van der Waals surface area contributed by atoms with Gasteiger partial charge in [0.15, 0.2) is 0 Å². The normalized spacial score (nSPS) is 10.6. The number of rotatable bonds is 2. The van der Waals surface area contributed by atoms with Gasteiger partial charge < -0.3 is 9.72 Å². The van der Waals surface area contributed by atoms with Crippen molar-refractivity contribution in [3.8, 4) is 0 Å². The van der Waals surface area contributed by atoms with Crippen molar-refractivity contribution in [3.63, 3.8) is 0 Å². The predicted molar refractivity (Wildman–Crippen MR) is 82.3 cm³/mol. The van der Waals surface area contributed by atoms with Crippen LogP contribution < -0.4 is 5.32 Å². The number of halogens is 1. The number of carbonyl (C=O) groups is 1. The molecule has 1 N–H and O–H groups in total. The number of aromatic nitrogens is 2. The second-order valence-corrected chi connectivity index (χ2v) is 5.35. The molecule has 0 spiro atoms. The number of amides is 1. The minimum Gasteiger partial charge on any atom is -0.322 e. The number of imidazole rings is 1. The maximum atomic E-state index is 12.1. The molecule has 2 heterocycles. The summed E-state index contributed by atoms with van der Waals surface area (Å²) in [5, 5.41) is 2.87. The summed E-state index contributed by atoms with van der Waals surface area (Å²) in [4.78, 5) is 16.1. The molecule has 0 saturated heterocycles. The van der Waals surface area contributed by atoms with E-state index in [4.69, 9.17) is 0 Å². The van der Waals surface area contributed by atoms with Gasteiger partial charge in [0.1, 0.15) is 0 Å². The fraction of sp³-hybridized carbons (Fsp3) is 0. The van der Waals surface area contributed by atoms with Crippen molar-refractivity contribution >= 4 is 39.7 Å². The number of hydrogen-bond donors (Lipinski definition) is 1. The van der Waals surface area contributed by atoms with Gasteiger partial charge >= 0.3 is 0 Å². The Morgan fingerprint density at radius 1 is 1.21 bits per heavy atom. The first-order valence-electron chi connectivity index (χ1n) is 5.71. The third kappa shape index (κ3) is 2.60. The lowest BCUT2D eigenvalue weighted by molar-refractivity contribution is 0.102. The van der Waals surface area contributed by atoms with E-state index in [-0.39, 0.29) is 5.91 Å². The summed E-state index contributed by atoms with van der Waals surface area (Å²) in [5.74, 6) is -0.120. The highest BCUT2D eigenvalue weighted by Crippen LogP contribution is 2.13. The van der Waals surface area contributed by atoms with Crippen LogP contribution in [-0.4, -0.2) is 15.3 Å². The van der Waals surface area contributed by atoms with E-state index in [1.807, 2.05) is 40.9 Å². The van der Waals surface area contributed by atoms with E-state index in [2.05, 4.69) is 32.9 Å². The molecule has 0 bridgehead atoms. The number of fused-ring (bicyclic) bond motifs is 1. The lowest BCUT2D eigenvalue weighted by Crippen LogP contribution is -2.12. The summed E-state index contributed by atoms with van der Waals surface area (Å²) in [6.07, 6.45) is 5.25. The molecule has 0 unspecified atom stereocenters. The number of pyridine rings is 1. The monoisotopic (exact) mass is 363 g/mol. The van der Waals surface area contributed by atoms with Gasteiger partial charge in [0, 0.05) is 21.0 Å². The highest BCUT2D eigenvalue weighted by molar-refractivity contribution is 14.1.